The number of rotatable bonds is 7. The van der Waals surface area contributed by atoms with Crippen LogP contribution in [0.15, 0.2) is 109 Å². The molecule has 3 spiro atoms. The molecule has 3 fully saturated rings. The molecule has 3 atom stereocenters. The highest BCUT2D eigenvalue weighted by Crippen LogP contribution is 2.81. The molecule has 0 aliphatic heterocycles. The summed E-state index contributed by atoms with van der Waals surface area (Å²) in [6.45, 7) is 30.1. The van der Waals surface area contributed by atoms with E-state index in [4.69, 9.17) is 0 Å². The molecule has 0 saturated heterocycles. The van der Waals surface area contributed by atoms with E-state index in [0.717, 1.165) is 0 Å². The molecule has 0 amide bonds. The average Bonchev–Trinajstić information content (AvgIpc) is 3.87. The molecule has 3 saturated carbocycles. The van der Waals surface area contributed by atoms with Crippen LogP contribution in [0.5, 0.6) is 0 Å². The van der Waals surface area contributed by atoms with Crippen molar-refractivity contribution in [2.24, 2.45) is 5.41 Å². The fourth-order valence-electron chi connectivity index (χ4n) is 13.4. The SMILES string of the molecule is Cc1ccc(N(c2ccc3c(c2)C24CCC5(CCC2(C5)c2cc(N(c5ccc(C(C)C)cc5)c5c(C)cc(C(C)(C)C)cc5C)ccc2-3)C4)c2c(C)cc(C(C)(C)C)cc2C)cc1. The Balaban J connectivity index is 1.17. The summed E-state index contributed by atoms with van der Waals surface area (Å²) in [5.41, 5.74) is 25.4. The Bertz CT molecular complexity index is 2740. The summed E-state index contributed by atoms with van der Waals surface area (Å²) in [5.74, 6) is 0.486. The predicted molar refractivity (Wildman–Crippen MR) is 270 cm³/mol. The van der Waals surface area contributed by atoms with Crippen molar-refractivity contribution in [1.29, 1.82) is 0 Å². The second-order valence-corrected chi connectivity index (χ2v) is 23.1. The first-order chi connectivity index (χ1) is 29.7. The highest BCUT2D eigenvalue weighted by atomic mass is 15.2. The van der Waals surface area contributed by atoms with Crippen LogP contribution in [0, 0.1) is 40.0 Å². The molecule has 6 aromatic rings. The van der Waals surface area contributed by atoms with Gasteiger partial charge in [0.25, 0.3) is 0 Å². The zero-order chi connectivity index (χ0) is 44.6. The number of benzene rings is 6. The minimum atomic E-state index is 0.0796. The van der Waals surface area contributed by atoms with Gasteiger partial charge in [-0.05, 0) is 205 Å². The van der Waals surface area contributed by atoms with Crippen molar-refractivity contribution in [1.82, 2.24) is 0 Å². The molecule has 4 aliphatic carbocycles. The molecule has 3 unspecified atom stereocenters. The third kappa shape index (κ3) is 6.39. The molecule has 0 radical (unpaired) electrons. The lowest BCUT2D eigenvalue weighted by Gasteiger charge is -2.52. The topological polar surface area (TPSA) is 6.48 Å². The minimum absolute atomic E-state index is 0.0796. The van der Waals surface area contributed by atoms with Crippen LogP contribution in [-0.2, 0) is 21.7 Å². The second kappa shape index (κ2) is 14.2. The van der Waals surface area contributed by atoms with Gasteiger partial charge in [0.15, 0.2) is 0 Å². The molecule has 3 bridgehead atoms. The van der Waals surface area contributed by atoms with Gasteiger partial charge in [0.2, 0.25) is 0 Å². The molecular formula is C61H70N2. The smallest absolute Gasteiger partial charge is 0.0520 e. The van der Waals surface area contributed by atoms with Gasteiger partial charge in [-0.15, -0.1) is 0 Å². The van der Waals surface area contributed by atoms with Gasteiger partial charge in [-0.25, -0.2) is 0 Å². The van der Waals surface area contributed by atoms with Gasteiger partial charge in [0.1, 0.15) is 0 Å². The fraction of sp³-hybridized carbons (Fsp3) is 0.410. The summed E-state index contributed by atoms with van der Waals surface area (Å²) in [7, 11) is 0. The van der Waals surface area contributed by atoms with Crippen molar-refractivity contribution in [2.45, 2.75) is 156 Å². The lowest BCUT2D eigenvalue weighted by molar-refractivity contribution is 0.231. The number of anilines is 6. The normalized spacial score (nSPS) is 22.0. The van der Waals surface area contributed by atoms with E-state index in [1.54, 1.807) is 11.1 Å². The average molecular weight is 831 g/mol. The van der Waals surface area contributed by atoms with Gasteiger partial charge < -0.3 is 9.80 Å². The van der Waals surface area contributed by atoms with Gasteiger partial charge >= 0.3 is 0 Å². The molecule has 2 heteroatoms. The molecule has 2 nitrogen and oxygen atoms in total. The first kappa shape index (κ1) is 41.9. The third-order valence-corrected chi connectivity index (χ3v) is 16.5. The van der Waals surface area contributed by atoms with Gasteiger partial charge in [-0.1, -0.05) is 122 Å². The lowest BCUT2D eigenvalue weighted by atomic mass is 9.51. The van der Waals surface area contributed by atoms with Gasteiger partial charge in [-0.3, -0.25) is 0 Å². The maximum Gasteiger partial charge on any atom is 0.0520 e. The van der Waals surface area contributed by atoms with E-state index < -0.39 is 0 Å². The van der Waals surface area contributed by atoms with Crippen LogP contribution in [0.4, 0.5) is 34.1 Å². The minimum Gasteiger partial charge on any atom is -0.310 e. The maximum absolute atomic E-state index is 2.67. The lowest BCUT2D eigenvalue weighted by Crippen LogP contribution is -2.47. The monoisotopic (exact) mass is 831 g/mol. The van der Waals surface area contributed by atoms with E-state index in [9.17, 15) is 0 Å². The summed E-state index contributed by atoms with van der Waals surface area (Å²) in [4.78, 5) is 5.17. The predicted octanol–water partition coefficient (Wildman–Crippen LogP) is 17.4. The molecule has 0 heterocycles. The van der Waals surface area contributed by atoms with Crippen LogP contribution in [-0.4, -0.2) is 0 Å². The number of aryl methyl sites for hydroxylation is 5. The van der Waals surface area contributed by atoms with E-state index in [0.29, 0.717) is 11.3 Å². The molecule has 0 aromatic heterocycles. The molecule has 63 heavy (non-hydrogen) atoms. The number of hydrogen-bond acceptors (Lipinski definition) is 2. The summed E-state index contributed by atoms with van der Waals surface area (Å²) in [6, 6.07) is 43.6. The Morgan fingerprint density at radius 3 is 1.17 bits per heavy atom. The Morgan fingerprint density at radius 2 is 0.810 bits per heavy atom. The zero-order valence-corrected chi connectivity index (χ0v) is 40.6. The van der Waals surface area contributed by atoms with Crippen LogP contribution in [0.25, 0.3) is 11.1 Å². The summed E-state index contributed by atoms with van der Waals surface area (Å²) >= 11 is 0. The number of hydrogen-bond donors (Lipinski definition) is 0. The van der Waals surface area contributed by atoms with Gasteiger partial charge in [0, 0.05) is 33.6 Å². The van der Waals surface area contributed by atoms with Crippen molar-refractivity contribution in [3.63, 3.8) is 0 Å². The molecule has 4 aliphatic rings. The molecule has 6 aromatic carbocycles. The highest BCUT2D eigenvalue weighted by Gasteiger charge is 2.73. The largest absolute Gasteiger partial charge is 0.310 e. The van der Waals surface area contributed by atoms with Crippen LogP contribution in [0.3, 0.4) is 0 Å². The van der Waals surface area contributed by atoms with Gasteiger partial charge in [-0.2, -0.15) is 0 Å². The van der Waals surface area contributed by atoms with Gasteiger partial charge in [0.05, 0.1) is 11.4 Å². The van der Waals surface area contributed by atoms with Crippen molar-refractivity contribution in [2.75, 3.05) is 9.80 Å². The molecular weight excluding hydrogens is 761 g/mol. The summed E-state index contributed by atoms with van der Waals surface area (Å²) < 4.78 is 0. The van der Waals surface area contributed by atoms with E-state index in [-0.39, 0.29) is 21.7 Å². The quantitative estimate of drug-likeness (QED) is 0.158. The Morgan fingerprint density at radius 1 is 0.444 bits per heavy atom. The molecule has 324 valence electrons. The first-order valence-corrected chi connectivity index (χ1v) is 24.0. The molecule has 10 rings (SSSR count). The summed E-state index contributed by atoms with van der Waals surface area (Å²) in [5, 5.41) is 0. The standard InChI is InChI=1S/C61H70N2/c1-38(2)44-16-20-48(21-17-44)63(56-42(6)32-46(33-43(56)7)58(11,12)13)50-23-25-52-51-24-22-49(34-53(51)60-28-26-59(36-60)27-29-61(60,37-59)54(52)35-50)62(47-18-14-39(3)15-19-47)55-40(4)30-45(31-41(55)5)57(8,9)10/h14-25,30-35,38H,26-29,36-37H2,1-13H3. The van der Waals surface area contributed by atoms with Crippen molar-refractivity contribution in [3.05, 3.63) is 165 Å². The Kier molecular flexibility index (Phi) is 9.45. The van der Waals surface area contributed by atoms with Crippen LogP contribution in [0.1, 0.15) is 155 Å². The van der Waals surface area contributed by atoms with Crippen molar-refractivity contribution < 1.29 is 0 Å². The zero-order valence-electron chi connectivity index (χ0n) is 40.6. The van der Waals surface area contributed by atoms with E-state index in [2.05, 4.69) is 209 Å². The van der Waals surface area contributed by atoms with E-state index in [1.165, 1.54) is 128 Å². The van der Waals surface area contributed by atoms with Crippen molar-refractivity contribution in [3.8, 4) is 11.1 Å². The second-order valence-electron chi connectivity index (χ2n) is 23.1. The summed E-state index contributed by atoms with van der Waals surface area (Å²) in [6.07, 6.45) is 7.90. The fourth-order valence-corrected chi connectivity index (χ4v) is 13.4. The Hall–Kier alpha value is -5.08. The molecule has 0 N–H and O–H groups in total. The Labute approximate surface area is 379 Å². The maximum atomic E-state index is 2.67. The van der Waals surface area contributed by atoms with Crippen LogP contribution >= 0.6 is 0 Å². The number of fused-ring (bicyclic) bond motifs is 3. The van der Waals surface area contributed by atoms with Crippen molar-refractivity contribution >= 4 is 34.1 Å². The first-order valence-electron chi connectivity index (χ1n) is 24.0. The van der Waals surface area contributed by atoms with Crippen LogP contribution < -0.4 is 9.80 Å². The third-order valence-electron chi connectivity index (χ3n) is 16.5. The van der Waals surface area contributed by atoms with E-state index >= 15 is 0 Å². The van der Waals surface area contributed by atoms with E-state index in [1.807, 2.05) is 0 Å². The van der Waals surface area contributed by atoms with Crippen LogP contribution in [0.2, 0.25) is 0 Å². The number of nitrogens with zero attached hydrogens (tertiary/aromatic N) is 2. The highest BCUT2D eigenvalue weighted by molar-refractivity contribution is 5.89.